The largest absolute Gasteiger partial charge is 0.491 e. The van der Waals surface area contributed by atoms with Crippen molar-refractivity contribution in [1.29, 1.82) is 0 Å². The van der Waals surface area contributed by atoms with Crippen LogP contribution in [0.1, 0.15) is 5.56 Å². The number of aliphatic hydroxyl groups excluding tert-OH is 1. The topological polar surface area (TPSA) is 66.8 Å². The van der Waals surface area contributed by atoms with Crippen molar-refractivity contribution in [1.82, 2.24) is 4.31 Å². The first-order valence-electron chi connectivity index (χ1n) is 7.30. The van der Waals surface area contributed by atoms with Gasteiger partial charge in [-0.25, -0.2) is 8.42 Å². The Labute approximate surface area is 137 Å². The molecule has 5 nitrogen and oxygen atoms in total. The molecule has 0 aliphatic rings. The second kappa shape index (κ2) is 8.10. The Morgan fingerprint density at radius 3 is 2.17 bits per heavy atom. The van der Waals surface area contributed by atoms with Crippen molar-refractivity contribution >= 4 is 10.0 Å². The molecule has 0 aliphatic carbocycles. The number of nitrogens with zero attached hydrogens (tertiary/aromatic N) is 1. The van der Waals surface area contributed by atoms with Gasteiger partial charge in [-0.05, 0) is 17.7 Å². The number of benzene rings is 2. The lowest BCUT2D eigenvalue weighted by atomic mass is 10.2. The van der Waals surface area contributed by atoms with Gasteiger partial charge in [0.25, 0.3) is 0 Å². The molecule has 23 heavy (non-hydrogen) atoms. The summed E-state index contributed by atoms with van der Waals surface area (Å²) >= 11 is 0. The van der Waals surface area contributed by atoms with Crippen molar-refractivity contribution in [2.75, 3.05) is 19.4 Å². The van der Waals surface area contributed by atoms with Crippen LogP contribution in [0.5, 0.6) is 5.75 Å². The lowest BCUT2D eigenvalue weighted by molar-refractivity contribution is 0.0882. The average Bonchev–Trinajstić information content (AvgIpc) is 2.53. The van der Waals surface area contributed by atoms with E-state index < -0.39 is 16.1 Å². The maximum atomic E-state index is 11.9. The Kier molecular flexibility index (Phi) is 6.15. The van der Waals surface area contributed by atoms with E-state index >= 15 is 0 Å². The molecule has 0 saturated heterocycles. The zero-order chi connectivity index (χ0) is 16.7. The normalized spacial score (nSPS) is 13.0. The third kappa shape index (κ3) is 6.02. The fourth-order valence-corrected chi connectivity index (χ4v) is 2.93. The van der Waals surface area contributed by atoms with E-state index in [0.717, 1.165) is 11.8 Å². The Morgan fingerprint density at radius 1 is 1.04 bits per heavy atom. The number of para-hydroxylation sites is 1. The average molecular weight is 335 g/mol. The molecule has 2 rings (SSSR count). The van der Waals surface area contributed by atoms with Crippen molar-refractivity contribution in [3.63, 3.8) is 0 Å². The molecular formula is C17H21NO4S. The summed E-state index contributed by atoms with van der Waals surface area (Å²) in [5, 5.41) is 10.1. The van der Waals surface area contributed by atoms with E-state index in [2.05, 4.69) is 0 Å². The van der Waals surface area contributed by atoms with Gasteiger partial charge in [-0.15, -0.1) is 0 Å². The van der Waals surface area contributed by atoms with Crippen molar-refractivity contribution in [2.45, 2.75) is 12.6 Å². The molecule has 0 amide bonds. The van der Waals surface area contributed by atoms with E-state index in [1.54, 1.807) is 12.1 Å². The highest BCUT2D eigenvalue weighted by molar-refractivity contribution is 7.88. The molecule has 6 heteroatoms. The standard InChI is InChI=1S/C17H21NO4S/c1-23(20,21)18(12-15-8-4-2-5-9-15)13-16(19)14-22-17-10-6-3-7-11-17/h2-11,16,19H,12-14H2,1H3. The van der Waals surface area contributed by atoms with E-state index in [0.29, 0.717) is 5.75 Å². The SMILES string of the molecule is CS(=O)(=O)N(Cc1ccccc1)CC(O)COc1ccccc1. The summed E-state index contributed by atoms with van der Waals surface area (Å²) in [7, 11) is -3.42. The van der Waals surface area contributed by atoms with Crippen LogP contribution in [0.4, 0.5) is 0 Å². The molecule has 2 aromatic carbocycles. The highest BCUT2D eigenvalue weighted by atomic mass is 32.2. The minimum Gasteiger partial charge on any atom is -0.491 e. The fraction of sp³-hybridized carbons (Fsp3) is 0.294. The van der Waals surface area contributed by atoms with Crippen molar-refractivity contribution in [2.24, 2.45) is 0 Å². The summed E-state index contributed by atoms with van der Waals surface area (Å²) < 4.78 is 30.6. The van der Waals surface area contributed by atoms with E-state index in [1.807, 2.05) is 48.5 Å². The zero-order valence-corrected chi connectivity index (χ0v) is 13.8. The Hall–Kier alpha value is -1.89. The number of ether oxygens (including phenoxy) is 1. The third-order valence-corrected chi connectivity index (χ3v) is 4.49. The number of hydrogen-bond donors (Lipinski definition) is 1. The summed E-state index contributed by atoms with van der Waals surface area (Å²) in [6, 6.07) is 18.4. The quantitative estimate of drug-likeness (QED) is 0.800. The van der Waals surface area contributed by atoms with Gasteiger partial charge in [0.05, 0.1) is 6.26 Å². The van der Waals surface area contributed by atoms with Gasteiger partial charge in [0, 0.05) is 13.1 Å². The first-order chi connectivity index (χ1) is 10.9. The monoisotopic (exact) mass is 335 g/mol. The van der Waals surface area contributed by atoms with Gasteiger partial charge in [-0.2, -0.15) is 4.31 Å². The summed E-state index contributed by atoms with van der Waals surface area (Å²) in [6.45, 7) is 0.244. The fourth-order valence-electron chi connectivity index (χ4n) is 2.10. The van der Waals surface area contributed by atoms with Gasteiger partial charge in [0.15, 0.2) is 0 Å². The van der Waals surface area contributed by atoms with E-state index in [9.17, 15) is 13.5 Å². The summed E-state index contributed by atoms with van der Waals surface area (Å²) in [4.78, 5) is 0. The molecule has 0 saturated carbocycles. The second-order valence-electron chi connectivity index (χ2n) is 5.32. The van der Waals surface area contributed by atoms with E-state index in [-0.39, 0.29) is 19.7 Å². The summed E-state index contributed by atoms with van der Waals surface area (Å²) in [5.41, 5.74) is 0.870. The van der Waals surface area contributed by atoms with Crippen LogP contribution in [-0.2, 0) is 16.6 Å². The Morgan fingerprint density at radius 2 is 1.61 bits per heavy atom. The number of rotatable bonds is 8. The van der Waals surface area contributed by atoms with Crippen LogP contribution >= 0.6 is 0 Å². The molecule has 1 atom stereocenters. The Bertz CT molecular complexity index is 689. The van der Waals surface area contributed by atoms with Crippen molar-refractivity contribution in [3.8, 4) is 5.75 Å². The molecular weight excluding hydrogens is 314 g/mol. The predicted molar refractivity (Wildman–Crippen MR) is 89.6 cm³/mol. The van der Waals surface area contributed by atoms with Gasteiger partial charge in [-0.1, -0.05) is 48.5 Å². The van der Waals surface area contributed by atoms with Crippen molar-refractivity contribution < 1.29 is 18.3 Å². The van der Waals surface area contributed by atoms with Crippen LogP contribution in [0.2, 0.25) is 0 Å². The molecule has 1 unspecified atom stereocenters. The molecule has 0 fully saturated rings. The highest BCUT2D eigenvalue weighted by Gasteiger charge is 2.21. The Balaban J connectivity index is 1.95. The molecule has 0 aromatic heterocycles. The van der Waals surface area contributed by atoms with Gasteiger partial charge in [0.1, 0.15) is 18.5 Å². The van der Waals surface area contributed by atoms with Crippen LogP contribution in [-0.4, -0.2) is 43.3 Å². The van der Waals surface area contributed by atoms with Crippen LogP contribution in [0.3, 0.4) is 0 Å². The molecule has 0 bridgehead atoms. The molecule has 0 spiro atoms. The molecule has 2 aromatic rings. The predicted octanol–water partition coefficient (Wildman–Crippen LogP) is 1.89. The molecule has 0 aliphatic heterocycles. The minimum atomic E-state index is -3.42. The minimum absolute atomic E-state index is 0.0133. The molecule has 0 heterocycles. The number of aliphatic hydroxyl groups is 1. The highest BCUT2D eigenvalue weighted by Crippen LogP contribution is 2.11. The lowest BCUT2D eigenvalue weighted by Gasteiger charge is -2.23. The number of hydrogen-bond acceptors (Lipinski definition) is 4. The molecule has 124 valence electrons. The van der Waals surface area contributed by atoms with Crippen LogP contribution in [0, 0.1) is 0 Å². The first kappa shape index (κ1) is 17.5. The maximum Gasteiger partial charge on any atom is 0.211 e. The molecule has 1 N–H and O–H groups in total. The van der Waals surface area contributed by atoms with Gasteiger partial charge in [0.2, 0.25) is 10.0 Å². The van der Waals surface area contributed by atoms with E-state index in [4.69, 9.17) is 4.74 Å². The number of sulfonamides is 1. The first-order valence-corrected chi connectivity index (χ1v) is 9.15. The van der Waals surface area contributed by atoms with Gasteiger partial charge < -0.3 is 9.84 Å². The van der Waals surface area contributed by atoms with Crippen molar-refractivity contribution in [3.05, 3.63) is 66.2 Å². The molecule has 0 radical (unpaired) electrons. The van der Waals surface area contributed by atoms with Crippen LogP contribution < -0.4 is 4.74 Å². The summed E-state index contributed by atoms with van der Waals surface area (Å²) in [5.74, 6) is 0.639. The van der Waals surface area contributed by atoms with E-state index in [1.165, 1.54) is 4.31 Å². The maximum absolute atomic E-state index is 11.9. The van der Waals surface area contributed by atoms with Crippen LogP contribution in [0.25, 0.3) is 0 Å². The summed E-state index contributed by atoms with van der Waals surface area (Å²) in [6.07, 6.45) is 0.231. The van der Waals surface area contributed by atoms with Gasteiger partial charge >= 0.3 is 0 Å². The van der Waals surface area contributed by atoms with Crippen LogP contribution in [0.15, 0.2) is 60.7 Å². The van der Waals surface area contributed by atoms with Gasteiger partial charge in [-0.3, -0.25) is 0 Å². The smallest absolute Gasteiger partial charge is 0.211 e. The second-order valence-corrected chi connectivity index (χ2v) is 7.30. The zero-order valence-electron chi connectivity index (χ0n) is 13.0. The lowest BCUT2D eigenvalue weighted by Crippen LogP contribution is -2.38. The third-order valence-electron chi connectivity index (χ3n) is 3.27.